The van der Waals surface area contributed by atoms with Gasteiger partial charge in [0.1, 0.15) is 0 Å². The predicted molar refractivity (Wildman–Crippen MR) is 122 cm³/mol. The topological polar surface area (TPSA) is 72.7 Å². The maximum atomic E-state index is 12.6. The van der Waals surface area contributed by atoms with E-state index >= 15 is 0 Å². The van der Waals surface area contributed by atoms with Gasteiger partial charge in [0, 0.05) is 29.3 Å². The molecule has 0 radical (unpaired) electrons. The minimum absolute atomic E-state index is 0.0592. The molecule has 2 heterocycles. The molecular formula is C24H21N5OS. The van der Waals surface area contributed by atoms with Crippen LogP contribution >= 0.6 is 11.8 Å². The summed E-state index contributed by atoms with van der Waals surface area (Å²) in [4.78, 5) is 16.7. The number of thioether (sulfide) groups is 1. The van der Waals surface area contributed by atoms with Gasteiger partial charge in [0.15, 0.2) is 11.0 Å². The molecule has 1 amide bonds. The Hall–Kier alpha value is -3.45. The molecule has 154 valence electrons. The number of para-hydroxylation sites is 1. The number of benzene rings is 2. The number of nitrogens with zero attached hydrogens (tertiary/aromatic N) is 4. The van der Waals surface area contributed by atoms with Crippen molar-refractivity contribution in [3.8, 4) is 17.1 Å². The highest BCUT2D eigenvalue weighted by molar-refractivity contribution is 7.99. The van der Waals surface area contributed by atoms with Crippen LogP contribution in [0.3, 0.4) is 0 Å². The lowest BCUT2D eigenvalue weighted by atomic mass is 10.1. The number of rotatable bonds is 6. The summed E-state index contributed by atoms with van der Waals surface area (Å²) in [5.41, 5.74) is 5.46. The van der Waals surface area contributed by atoms with Gasteiger partial charge in [0.25, 0.3) is 0 Å². The second kappa shape index (κ2) is 8.73. The lowest BCUT2D eigenvalue weighted by molar-refractivity contribution is -0.113. The quantitative estimate of drug-likeness (QED) is 0.457. The van der Waals surface area contributed by atoms with E-state index in [0.717, 1.165) is 35.6 Å². The maximum absolute atomic E-state index is 12.6. The Balaban J connectivity index is 1.35. The fraction of sp³-hybridized carbons (Fsp3) is 0.167. The van der Waals surface area contributed by atoms with Gasteiger partial charge in [-0.25, -0.2) is 0 Å². The average molecular weight is 428 g/mol. The van der Waals surface area contributed by atoms with Gasteiger partial charge in [-0.05, 0) is 66.8 Å². The fourth-order valence-electron chi connectivity index (χ4n) is 3.84. The summed E-state index contributed by atoms with van der Waals surface area (Å²) in [6, 6.07) is 19.9. The molecule has 4 aromatic rings. The molecule has 0 aliphatic heterocycles. The summed E-state index contributed by atoms with van der Waals surface area (Å²) in [5.74, 6) is 0.907. The van der Waals surface area contributed by atoms with E-state index in [-0.39, 0.29) is 11.7 Å². The van der Waals surface area contributed by atoms with E-state index in [2.05, 4.69) is 32.6 Å². The fourth-order valence-corrected chi connectivity index (χ4v) is 4.59. The molecule has 2 aromatic carbocycles. The van der Waals surface area contributed by atoms with Crippen LogP contribution in [0.2, 0.25) is 0 Å². The van der Waals surface area contributed by atoms with Gasteiger partial charge >= 0.3 is 0 Å². The predicted octanol–water partition coefficient (Wildman–Crippen LogP) is 4.55. The van der Waals surface area contributed by atoms with Crippen molar-refractivity contribution in [3.63, 3.8) is 0 Å². The van der Waals surface area contributed by atoms with Crippen LogP contribution in [-0.2, 0) is 17.6 Å². The normalized spacial score (nSPS) is 12.5. The number of carbonyl (C=O) groups excluding carboxylic acids is 1. The minimum Gasteiger partial charge on any atom is -0.325 e. The van der Waals surface area contributed by atoms with Crippen molar-refractivity contribution in [2.24, 2.45) is 0 Å². The monoisotopic (exact) mass is 427 g/mol. The van der Waals surface area contributed by atoms with Crippen molar-refractivity contribution in [2.75, 3.05) is 11.1 Å². The van der Waals surface area contributed by atoms with Crippen molar-refractivity contribution in [3.05, 3.63) is 84.2 Å². The Morgan fingerprint density at radius 3 is 2.61 bits per heavy atom. The smallest absolute Gasteiger partial charge is 0.234 e. The molecule has 0 saturated carbocycles. The minimum atomic E-state index is -0.0592. The Kier molecular flexibility index (Phi) is 5.50. The molecule has 1 aliphatic rings. The van der Waals surface area contributed by atoms with Crippen LogP contribution in [-0.4, -0.2) is 31.4 Å². The number of nitrogens with one attached hydrogen (secondary N) is 1. The molecule has 0 unspecified atom stereocenters. The molecule has 1 N–H and O–H groups in total. The number of pyridine rings is 1. The molecule has 0 fully saturated rings. The summed E-state index contributed by atoms with van der Waals surface area (Å²) in [7, 11) is 0. The van der Waals surface area contributed by atoms with Crippen LogP contribution in [0, 0.1) is 0 Å². The first-order valence-electron chi connectivity index (χ1n) is 10.2. The number of amides is 1. The molecule has 0 atom stereocenters. The second-order valence-electron chi connectivity index (χ2n) is 7.39. The number of anilines is 1. The summed E-state index contributed by atoms with van der Waals surface area (Å²) < 4.78 is 1.97. The largest absolute Gasteiger partial charge is 0.325 e. The first-order valence-corrected chi connectivity index (χ1v) is 11.2. The zero-order valence-corrected chi connectivity index (χ0v) is 17.7. The van der Waals surface area contributed by atoms with Gasteiger partial charge in [-0.3, -0.25) is 14.3 Å². The molecule has 0 saturated heterocycles. The molecule has 6 nitrogen and oxygen atoms in total. The Morgan fingerprint density at radius 2 is 1.77 bits per heavy atom. The zero-order chi connectivity index (χ0) is 21.0. The van der Waals surface area contributed by atoms with Gasteiger partial charge in [-0.2, -0.15) is 0 Å². The first kappa shape index (κ1) is 19.5. The summed E-state index contributed by atoms with van der Waals surface area (Å²) >= 11 is 1.37. The number of hydrogen-bond acceptors (Lipinski definition) is 5. The lowest BCUT2D eigenvalue weighted by Crippen LogP contribution is -2.14. The van der Waals surface area contributed by atoms with Crippen LogP contribution in [0.1, 0.15) is 17.5 Å². The standard InChI is InChI=1S/C24H21N5OS/c30-22(26-20-10-9-17-5-4-6-19(17)15-20)16-31-24-28-27-23(18-11-13-25-14-12-18)29(24)21-7-2-1-3-8-21/h1-3,7-15H,4-6,16H2,(H,26,30). The van der Waals surface area contributed by atoms with Gasteiger partial charge in [-0.1, -0.05) is 36.0 Å². The SMILES string of the molecule is O=C(CSc1nnc(-c2ccncc2)n1-c1ccccc1)Nc1ccc2c(c1)CCC2. The molecular weight excluding hydrogens is 406 g/mol. The molecule has 5 rings (SSSR count). The van der Waals surface area contributed by atoms with Crippen molar-refractivity contribution >= 4 is 23.4 Å². The lowest BCUT2D eigenvalue weighted by Gasteiger charge is -2.10. The van der Waals surface area contributed by atoms with Crippen molar-refractivity contribution in [1.29, 1.82) is 0 Å². The molecule has 0 bridgehead atoms. The van der Waals surface area contributed by atoms with E-state index < -0.39 is 0 Å². The Morgan fingerprint density at radius 1 is 0.968 bits per heavy atom. The van der Waals surface area contributed by atoms with Gasteiger partial charge in [0.2, 0.25) is 5.91 Å². The van der Waals surface area contributed by atoms with Gasteiger partial charge in [-0.15, -0.1) is 10.2 Å². The summed E-state index contributed by atoms with van der Waals surface area (Å²) in [5, 5.41) is 12.5. The van der Waals surface area contributed by atoms with Crippen LogP contribution in [0.25, 0.3) is 17.1 Å². The maximum Gasteiger partial charge on any atom is 0.234 e. The Bertz CT molecular complexity index is 1210. The average Bonchev–Trinajstić information content (AvgIpc) is 3.45. The summed E-state index contributed by atoms with van der Waals surface area (Å²) in [6.45, 7) is 0. The van der Waals surface area contributed by atoms with Crippen LogP contribution in [0.15, 0.2) is 78.2 Å². The van der Waals surface area contributed by atoms with E-state index in [1.54, 1.807) is 12.4 Å². The van der Waals surface area contributed by atoms with Crippen LogP contribution < -0.4 is 5.32 Å². The number of hydrogen-bond donors (Lipinski definition) is 1. The molecule has 2 aromatic heterocycles. The molecule has 1 aliphatic carbocycles. The highest BCUT2D eigenvalue weighted by Crippen LogP contribution is 2.28. The number of aromatic nitrogens is 4. The molecule has 7 heteroatoms. The van der Waals surface area contributed by atoms with Crippen LogP contribution in [0.5, 0.6) is 0 Å². The van der Waals surface area contributed by atoms with E-state index in [9.17, 15) is 4.79 Å². The van der Waals surface area contributed by atoms with E-state index in [4.69, 9.17) is 0 Å². The van der Waals surface area contributed by atoms with Crippen molar-refractivity contribution in [2.45, 2.75) is 24.4 Å². The Labute approximate surface area is 184 Å². The molecule has 0 spiro atoms. The summed E-state index contributed by atoms with van der Waals surface area (Å²) in [6.07, 6.45) is 6.88. The van der Waals surface area contributed by atoms with E-state index in [1.165, 1.54) is 29.3 Å². The third-order valence-corrected chi connectivity index (χ3v) is 6.23. The first-order chi connectivity index (χ1) is 15.3. The van der Waals surface area contributed by atoms with Gasteiger partial charge < -0.3 is 5.32 Å². The number of carbonyl (C=O) groups is 1. The van der Waals surface area contributed by atoms with Crippen molar-refractivity contribution < 1.29 is 4.79 Å². The highest BCUT2D eigenvalue weighted by Gasteiger charge is 2.18. The van der Waals surface area contributed by atoms with Gasteiger partial charge in [0.05, 0.1) is 5.75 Å². The number of fused-ring (bicyclic) bond motifs is 1. The molecule has 31 heavy (non-hydrogen) atoms. The zero-order valence-electron chi connectivity index (χ0n) is 16.9. The third kappa shape index (κ3) is 4.22. The second-order valence-corrected chi connectivity index (χ2v) is 8.33. The van der Waals surface area contributed by atoms with Crippen LogP contribution in [0.4, 0.5) is 5.69 Å². The third-order valence-electron chi connectivity index (χ3n) is 5.30. The van der Waals surface area contributed by atoms with E-state index in [0.29, 0.717) is 5.16 Å². The van der Waals surface area contributed by atoms with E-state index in [1.807, 2.05) is 53.1 Å². The number of aryl methyl sites for hydroxylation is 2. The highest BCUT2D eigenvalue weighted by atomic mass is 32.2. The van der Waals surface area contributed by atoms with Crippen molar-refractivity contribution in [1.82, 2.24) is 19.7 Å².